The predicted molar refractivity (Wildman–Crippen MR) is 125 cm³/mol. The fourth-order valence-electron chi connectivity index (χ4n) is 4.59. The minimum atomic E-state index is 0.628. The number of pyridine rings is 1. The van der Waals surface area contributed by atoms with Gasteiger partial charge in [-0.1, -0.05) is 12.1 Å². The standard InChI is InChI=1S/C24H30N6O/c1-29-10-2-3-18(17-29)16-27-24-23-22(25-8-9-26-23)15-21(28-24)19-4-6-20(7-5-19)30-11-13-31-14-12-30/h4-9,15,18H,2-3,10-14,16-17H2,1H3,(H,27,28). The first-order chi connectivity index (χ1) is 15.3. The van der Waals surface area contributed by atoms with E-state index in [1.807, 2.05) is 6.07 Å². The van der Waals surface area contributed by atoms with Gasteiger partial charge in [-0.15, -0.1) is 0 Å². The van der Waals surface area contributed by atoms with Crippen molar-refractivity contribution in [1.82, 2.24) is 19.9 Å². The van der Waals surface area contributed by atoms with E-state index < -0.39 is 0 Å². The summed E-state index contributed by atoms with van der Waals surface area (Å²) in [6.45, 7) is 6.68. The largest absolute Gasteiger partial charge is 0.378 e. The van der Waals surface area contributed by atoms with E-state index in [0.29, 0.717) is 5.92 Å². The molecule has 162 valence electrons. The molecule has 2 aromatic heterocycles. The lowest BCUT2D eigenvalue weighted by atomic mass is 9.98. The zero-order valence-corrected chi connectivity index (χ0v) is 18.1. The summed E-state index contributed by atoms with van der Waals surface area (Å²) in [4.78, 5) is 18.8. The number of ether oxygens (including phenoxy) is 1. The van der Waals surface area contributed by atoms with Crippen LogP contribution >= 0.6 is 0 Å². The molecule has 0 radical (unpaired) electrons. The molecule has 1 N–H and O–H groups in total. The maximum Gasteiger partial charge on any atom is 0.154 e. The summed E-state index contributed by atoms with van der Waals surface area (Å²) >= 11 is 0. The minimum absolute atomic E-state index is 0.628. The first kappa shape index (κ1) is 20.2. The van der Waals surface area contributed by atoms with Crippen LogP contribution in [0, 0.1) is 5.92 Å². The Morgan fingerprint density at radius 2 is 1.87 bits per heavy atom. The van der Waals surface area contributed by atoms with Crippen LogP contribution in [-0.4, -0.2) is 72.8 Å². The molecule has 2 saturated heterocycles. The molecule has 3 aromatic rings. The number of anilines is 2. The van der Waals surface area contributed by atoms with Crippen LogP contribution in [0.4, 0.5) is 11.5 Å². The van der Waals surface area contributed by atoms with Crippen molar-refractivity contribution in [2.45, 2.75) is 12.8 Å². The van der Waals surface area contributed by atoms with Crippen molar-refractivity contribution < 1.29 is 4.74 Å². The highest BCUT2D eigenvalue weighted by atomic mass is 16.5. The fourth-order valence-corrected chi connectivity index (χ4v) is 4.59. The second-order valence-electron chi connectivity index (χ2n) is 8.58. The Balaban J connectivity index is 1.39. The summed E-state index contributed by atoms with van der Waals surface area (Å²) in [5, 5.41) is 3.59. The molecule has 4 heterocycles. The van der Waals surface area contributed by atoms with Crippen LogP contribution in [0.1, 0.15) is 12.8 Å². The van der Waals surface area contributed by atoms with Crippen molar-refractivity contribution in [3.05, 3.63) is 42.7 Å². The Morgan fingerprint density at radius 3 is 2.68 bits per heavy atom. The van der Waals surface area contributed by atoms with E-state index in [9.17, 15) is 0 Å². The molecule has 7 heteroatoms. The van der Waals surface area contributed by atoms with Crippen molar-refractivity contribution in [1.29, 1.82) is 0 Å². The molecule has 1 aromatic carbocycles. The van der Waals surface area contributed by atoms with Crippen molar-refractivity contribution in [3.63, 3.8) is 0 Å². The van der Waals surface area contributed by atoms with Crippen LogP contribution in [0.25, 0.3) is 22.3 Å². The number of likely N-dealkylation sites (tertiary alicyclic amines) is 1. The quantitative estimate of drug-likeness (QED) is 0.682. The normalized spacial score (nSPS) is 20.2. The summed E-state index contributed by atoms with van der Waals surface area (Å²) in [7, 11) is 2.20. The Hall–Kier alpha value is -2.77. The Labute approximate surface area is 183 Å². The smallest absolute Gasteiger partial charge is 0.154 e. The summed E-state index contributed by atoms with van der Waals surface area (Å²) in [5.74, 6) is 1.45. The lowest BCUT2D eigenvalue weighted by Crippen LogP contribution is -2.36. The summed E-state index contributed by atoms with van der Waals surface area (Å²) in [6.07, 6.45) is 5.99. The second-order valence-corrected chi connectivity index (χ2v) is 8.58. The molecule has 1 atom stereocenters. The van der Waals surface area contributed by atoms with Crippen LogP contribution in [0.5, 0.6) is 0 Å². The van der Waals surface area contributed by atoms with Gasteiger partial charge < -0.3 is 19.9 Å². The summed E-state index contributed by atoms with van der Waals surface area (Å²) in [5.41, 5.74) is 4.94. The van der Waals surface area contributed by atoms with Gasteiger partial charge in [-0.2, -0.15) is 0 Å². The fraction of sp³-hybridized carbons (Fsp3) is 0.458. The number of morpholine rings is 1. The number of nitrogens with zero attached hydrogens (tertiary/aromatic N) is 5. The van der Waals surface area contributed by atoms with Gasteiger partial charge in [0, 0.05) is 49.8 Å². The van der Waals surface area contributed by atoms with Crippen LogP contribution in [-0.2, 0) is 4.74 Å². The van der Waals surface area contributed by atoms with Crippen molar-refractivity contribution >= 4 is 22.5 Å². The van der Waals surface area contributed by atoms with E-state index in [1.54, 1.807) is 12.4 Å². The van der Waals surface area contributed by atoms with Gasteiger partial charge in [-0.3, -0.25) is 4.98 Å². The first-order valence-electron chi connectivity index (χ1n) is 11.2. The van der Waals surface area contributed by atoms with Gasteiger partial charge in [0.1, 0.15) is 5.52 Å². The van der Waals surface area contributed by atoms with Gasteiger partial charge >= 0.3 is 0 Å². The van der Waals surface area contributed by atoms with E-state index in [4.69, 9.17) is 9.72 Å². The van der Waals surface area contributed by atoms with Crippen molar-refractivity contribution in [3.8, 4) is 11.3 Å². The van der Waals surface area contributed by atoms with Gasteiger partial charge in [-0.05, 0) is 50.6 Å². The first-order valence-corrected chi connectivity index (χ1v) is 11.2. The Bertz CT molecular complexity index is 1020. The van der Waals surface area contributed by atoms with E-state index in [0.717, 1.165) is 67.5 Å². The number of hydrogen-bond acceptors (Lipinski definition) is 7. The lowest BCUT2D eigenvalue weighted by Gasteiger charge is -2.30. The molecule has 0 spiro atoms. The molecule has 2 fully saturated rings. The molecule has 2 aliphatic rings. The number of benzene rings is 1. The molecule has 2 aliphatic heterocycles. The Kier molecular flexibility index (Phi) is 5.95. The number of rotatable bonds is 5. The summed E-state index contributed by atoms with van der Waals surface area (Å²) < 4.78 is 5.47. The van der Waals surface area contributed by atoms with Crippen LogP contribution < -0.4 is 10.2 Å². The molecule has 5 rings (SSSR count). The van der Waals surface area contributed by atoms with E-state index >= 15 is 0 Å². The van der Waals surface area contributed by atoms with Gasteiger partial charge in [0.05, 0.1) is 24.4 Å². The van der Waals surface area contributed by atoms with Gasteiger partial charge in [0.2, 0.25) is 0 Å². The molecular formula is C24H30N6O. The third kappa shape index (κ3) is 4.62. The number of nitrogens with one attached hydrogen (secondary N) is 1. The van der Waals surface area contributed by atoms with Gasteiger partial charge in [-0.25, -0.2) is 9.97 Å². The monoisotopic (exact) mass is 418 g/mol. The SMILES string of the molecule is CN1CCCC(CNc2nc(-c3ccc(N4CCOCC4)cc3)cc3nccnc23)C1. The average molecular weight is 419 g/mol. The topological polar surface area (TPSA) is 66.4 Å². The third-order valence-electron chi connectivity index (χ3n) is 6.28. The molecule has 1 unspecified atom stereocenters. The van der Waals surface area contributed by atoms with Gasteiger partial charge in [0.15, 0.2) is 5.82 Å². The Morgan fingerprint density at radius 1 is 1.06 bits per heavy atom. The molecule has 0 bridgehead atoms. The van der Waals surface area contributed by atoms with Gasteiger partial charge in [0.25, 0.3) is 0 Å². The van der Waals surface area contributed by atoms with Crippen LogP contribution in [0.15, 0.2) is 42.7 Å². The number of aromatic nitrogens is 3. The van der Waals surface area contributed by atoms with Crippen molar-refractivity contribution in [2.75, 3.05) is 63.2 Å². The highest BCUT2D eigenvalue weighted by Gasteiger charge is 2.18. The predicted octanol–water partition coefficient (Wildman–Crippen LogP) is 3.28. The van der Waals surface area contributed by atoms with E-state index in [2.05, 4.69) is 56.4 Å². The maximum absolute atomic E-state index is 5.47. The van der Waals surface area contributed by atoms with Crippen molar-refractivity contribution in [2.24, 2.45) is 5.92 Å². The highest BCUT2D eigenvalue weighted by Crippen LogP contribution is 2.28. The number of piperidine rings is 1. The zero-order chi connectivity index (χ0) is 21.0. The second kappa shape index (κ2) is 9.16. The van der Waals surface area contributed by atoms with E-state index in [-0.39, 0.29) is 0 Å². The molecule has 0 aliphatic carbocycles. The number of hydrogen-bond donors (Lipinski definition) is 1. The highest BCUT2D eigenvalue weighted by molar-refractivity contribution is 5.88. The zero-order valence-electron chi connectivity index (χ0n) is 18.1. The molecule has 0 amide bonds. The molecule has 31 heavy (non-hydrogen) atoms. The summed E-state index contributed by atoms with van der Waals surface area (Å²) in [6, 6.07) is 10.7. The minimum Gasteiger partial charge on any atom is -0.378 e. The number of fused-ring (bicyclic) bond motifs is 1. The maximum atomic E-state index is 5.47. The molecule has 7 nitrogen and oxygen atoms in total. The molecule has 0 saturated carbocycles. The third-order valence-corrected chi connectivity index (χ3v) is 6.28. The van der Waals surface area contributed by atoms with E-state index in [1.165, 1.54) is 25.1 Å². The molecular weight excluding hydrogens is 388 g/mol. The van der Waals surface area contributed by atoms with Crippen LogP contribution in [0.3, 0.4) is 0 Å². The lowest BCUT2D eigenvalue weighted by molar-refractivity contribution is 0.122. The van der Waals surface area contributed by atoms with Crippen LogP contribution in [0.2, 0.25) is 0 Å². The average Bonchev–Trinajstić information content (AvgIpc) is 2.83.